The fourth-order valence-corrected chi connectivity index (χ4v) is 4.36. The molecule has 1 saturated heterocycles. The van der Waals surface area contributed by atoms with Crippen LogP contribution in [0.3, 0.4) is 0 Å². The Bertz CT molecular complexity index is 476. The number of ether oxygens (including phenoxy) is 2. The van der Waals surface area contributed by atoms with Crippen LogP contribution in [0.2, 0.25) is 0 Å². The van der Waals surface area contributed by atoms with Gasteiger partial charge in [0, 0.05) is 11.5 Å². The summed E-state index contributed by atoms with van der Waals surface area (Å²) in [5, 5.41) is 0. The number of hydrogen-bond donors (Lipinski definition) is 0. The van der Waals surface area contributed by atoms with Crippen LogP contribution in [-0.4, -0.2) is 11.7 Å². The second-order valence-electron chi connectivity index (χ2n) is 6.46. The Balaban J connectivity index is 1.80. The fraction of sp³-hybridized carbons (Fsp3) is 0.647. The van der Waals surface area contributed by atoms with Gasteiger partial charge in [-0.15, -0.1) is 0 Å². The van der Waals surface area contributed by atoms with E-state index >= 15 is 0 Å². The zero-order valence-corrected chi connectivity index (χ0v) is 11.6. The minimum absolute atomic E-state index is 0.0686. The van der Waals surface area contributed by atoms with Crippen molar-refractivity contribution in [3.8, 4) is 5.75 Å². The van der Waals surface area contributed by atoms with Crippen LogP contribution in [0.4, 0.5) is 0 Å². The van der Waals surface area contributed by atoms with E-state index in [1.54, 1.807) is 0 Å². The summed E-state index contributed by atoms with van der Waals surface area (Å²) >= 11 is 0. The van der Waals surface area contributed by atoms with Crippen LogP contribution >= 0.6 is 0 Å². The molecule has 3 atom stereocenters. The number of hydrogen-bond acceptors (Lipinski definition) is 2. The van der Waals surface area contributed by atoms with Gasteiger partial charge in [-0.1, -0.05) is 18.2 Å². The van der Waals surface area contributed by atoms with Gasteiger partial charge in [0.1, 0.15) is 11.4 Å². The van der Waals surface area contributed by atoms with Crippen molar-refractivity contribution >= 4 is 0 Å². The first-order valence-electron chi connectivity index (χ1n) is 7.72. The van der Waals surface area contributed by atoms with Crippen molar-refractivity contribution in [1.29, 1.82) is 0 Å². The van der Waals surface area contributed by atoms with Gasteiger partial charge < -0.3 is 9.47 Å². The largest absolute Gasteiger partial charge is 0.486 e. The molecule has 1 spiro atoms. The lowest BCUT2D eigenvalue weighted by Crippen LogP contribution is -2.50. The number of para-hydroxylation sites is 1. The number of fused-ring (bicyclic) bond motifs is 4. The first-order chi connectivity index (χ1) is 9.28. The van der Waals surface area contributed by atoms with Gasteiger partial charge in [-0.05, 0) is 51.5 Å². The SMILES string of the molecule is C[C@@H]1CC[C@@H]2[C@H](O1)c1ccccc1OC21CCCC1. The first kappa shape index (κ1) is 11.8. The Kier molecular flexibility index (Phi) is 2.63. The highest BCUT2D eigenvalue weighted by molar-refractivity contribution is 5.39. The fourth-order valence-electron chi connectivity index (χ4n) is 4.36. The highest BCUT2D eigenvalue weighted by Crippen LogP contribution is 2.55. The maximum atomic E-state index is 6.51. The molecule has 3 aliphatic rings. The van der Waals surface area contributed by atoms with Crippen LogP contribution in [0.15, 0.2) is 24.3 Å². The topological polar surface area (TPSA) is 18.5 Å². The van der Waals surface area contributed by atoms with Crippen molar-refractivity contribution in [1.82, 2.24) is 0 Å². The highest BCUT2D eigenvalue weighted by Gasteiger charge is 2.53. The molecular formula is C17H22O2. The molecule has 1 aliphatic carbocycles. The summed E-state index contributed by atoms with van der Waals surface area (Å²) in [5.41, 5.74) is 1.34. The second kappa shape index (κ2) is 4.24. The maximum Gasteiger partial charge on any atom is 0.125 e. The van der Waals surface area contributed by atoms with Crippen molar-refractivity contribution in [3.63, 3.8) is 0 Å². The lowest BCUT2D eigenvalue weighted by Gasteiger charge is -2.50. The third-order valence-electron chi connectivity index (χ3n) is 5.29. The molecule has 0 unspecified atom stereocenters. The van der Waals surface area contributed by atoms with Crippen molar-refractivity contribution in [2.24, 2.45) is 5.92 Å². The zero-order valence-electron chi connectivity index (χ0n) is 11.6. The van der Waals surface area contributed by atoms with E-state index in [-0.39, 0.29) is 11.7 Å². The Morgan fingerprint density at radius 2 is 1.89 bits per heavy atom. The molecule has 1 saturated carbocycles. The minimum atomic E-state index is 0.0686. The van der Waals surface area contributed by atoms with E-state index in [0.29, 0.717) is 12.0 Å². The molecular weight excluding hydrogens is 236 g/mol. The second-order valence-corrected chi connectivity index (χ2v) is 6.46. The third-order valence-corrected chi connectivity index (χ3v) is 5.29. The number of benzene rings is 1. The molecule has 0 radical (unpaired) electrons. The summed E-state index contributed by atoms with van der Waals surface area (Å²) in [7, 11) is 0. The van der Waals surface area contributed by atoms with Gasteiger partial charge in [0.25, 0.3) is 0 Å². The molecule has 0 N–H and O–H groups in total. The molecule has 0 bridgehead atoms. The average Bonchev–Trinajstić information content (AvgIpc) is 2.88. The zero-order chi connectivity index (χ0) is 12.9. The normalized spacial score (nSPS) is 35.5. The Morgan fingerprint density at radius 1 is 1.11 bits per heavy atom. The summed E-state index contributed by atoms with van der Waals surface area (Å²) in [6, 6.07) is 8.49. The summed E-state index contributed by atoms with van der Waals surface area (Å²) in [6.45, 7) is 2.20. The van der Waals surface area contributed by atoms with Gasteiger partial charge in [0.15, 0.2) is 0 Å². The quantitative estimate of drug-likeness (QED) is 0.692. The van der Waals surface area contributed by atoms with E-state index in [9.17, 15) is 0 Å². The van der Waals surface area contributed by atoms with Crippen LogP contribution < -0.4 is 4.74 Å². The maximum absolute atomic E-state index is 6.51. The van der Waals surface area contributed by atoms with E-state index in [4.69, 9.17) is 9.47 Å². The van der Waals surface area contributed by atoms with Gasteiger partial charge >= 0.3 is 0 Å². The average molecular weight is 258 g/mol. The van der Waals surface area contributed by atoms with Crippen LogP contribution in [0.5, 0.6) is 5.75 Å². The van der Waals surface area contributed by atoms with Crippen LogP contribution in [0.1, 0.15) is 57.1 Å². The summed E-state index contributed by atoms with van der Waals surface area (Å²) in [4.78, 5) is 0. The Labute approximate surface area is 115 Å². The molecule has 0 amide bonds. The Morgan fingerprint density at radius 3 is 2.74 bits per heavy atom. The van der Waals surface area contributed by atoms with E-state index in [1.807, 2.05) is 0 Å². The minimum Gasteiger partial charge on any atom is -0.486 e. The summed E-state index contributed by atoms with van der Waals surface area (Å²) < 4.78 is 12.8. The third kappa shape index (κ3) is 1.73. The summed E-state index contributed by atoms with van der Waals surface area (Å²) in [5.74, 6) is 1.63. The molecule has 1 aromatic carbocycles. The van der Waals surface area contributed by atoms with Gasteiger partial charge in [-0.3, -0.25) is 0 Å². The van der Waals surface area contributed by atoms with Crippen molar-refractivity contribution in [2.75, 3.05) is 0 Å². The van der Waals surface area contributed by atoms with Crippen molar-refractivity contribution in [2.45, 2.75) is 63.3 Å². The highest BCUT2D eigenvalue weighted by atomic mass is 16.5. The lowest BCUT2D eigenvalue weighted by atomic mass is 9.72. The van der Waals surface area contributed by atoms with E-state index < -0.39 is 0 Å². The molecule has 19 heavy (non-hydrogen) atoms. The predicted octanol–water partition coefficient (Wildman–Crippen LogP) is 4.25. The van der Waals surface area contributed by atoms with Crippen molar-refractivity contribution in [3.05, 3.63) is 29.8 Å². The van der Waals surface area contributed by atoms with E-state index in [2.05, 4.69) is 31.2 Å². The van der Waals surface area contributed by atoms with Gasteiger partial charge in [-0.2, -0.15) is 0 Å². The van der Waals surface area contributed by atoms with Crippen molar-refractivity contribution < 1.29 is 9.47 Å². The molecule has 2 heteroatoms. The monoisotopic (exact) mass is 258 g/mol. The van der Waals surface area contributed by atoms with Gasteiger partial charge in [0.05, 0.1) is 12.2 Å². The van der Waals surface area contributed by atoms with E-state index in [1.165, 1.54) is 44.1 Å². The molecule has 2 fully saturated rings. The Hall–Kier alpha value is -1.02. The molecule has 2 nitrogen and oxygen atoms in total. The van der Waals surface area contributed by atoms with E-state index in [0.717, 1.165) is 5.75 Å². The standard InChI is InChI=1S/C17H22O2/c1-12-8-9-14-16(18-12)13-6-2-3-7-15(13)19-17(14)10-4-5-11-17/h2-3,6-7,12,14,16H,4-5,8-11H2,1H3/t12-,14-,16-/m1/s1. The molecule has 1 aromatic rings. The van der Waals surface area contributed by atoms with Gasteiger partial charge in [0.2, 0.25) is 0 Å². The van der Waals surface area contributed by atoms with Crippen LogP contribution in [0.25, 0.3) is 0 Å². The molecule has 4 rings (SSSR count). The number of rotatable bonds is 0. The smallest absolute Gasteiger partial charge is 0.125 e. The molecule has 102 valence electrons. The summed E-state index contributed by atoms with van der Waals surface area (Å²) in [6.07, 6.45) is 8.09. The molecule has 2 heterocycles. The van der Waals surface area contributed by atoms with Crippen LogP contribution in [-0.2, 0) is 4.74 Å². The molecule has 0 aromatic heterocycles. The lowest BCUT2D eigenvalue weighted by molar-refractivity contribution is -0.153. The van der Waals surface area contributed by atoms with Crippen LogP contribution in [0, 0.1) is 5.92 Å². The van der Waals surface area contributed by atoms with Gasteiger partial charge in [-0.25, -0.2) is 0 Å². The predicted molar refractivity (Wildman–Crippen MR) is 74.3 cm³/mol. The first-order valence-corrected chi connectivity index (χ1v) is 7.72. The molecule has 2 aliphatic heterocycles.